The topological polar surface area (TPSA) is 35.5 Å². The Kier molecular flexibility index (Phi) is 5.12. The first-order valence-corrected chi connectivity index (χ1v) is 5.34. The van der Waals surface area contributed by atoms with E-state index < -0.39 is 0 Å². The van der Waals surface area contributed by atoms with Crippen molar-refractivity contribution in [2.45, 2.75) is 13.8 Å². The molecule has 0 fully saturated rings. The van der Waals surface area contributed by atoms with E-state index in [-0.39, 0.29) is 5.97 Å². The van der Waals surface area contributed by atoms with Gasteiger partial charge in [0.1, 0.15) is 5.75 Å². The molecule has 0 saturated carbocycles. The molecule has 1 aromatic rings. The number of carbonyl (C=O) groups excluding carboxylic acids is 1. The van der Waals surface area contributed by atoms with Crippen LogP contribution >= 0.6 is 0 Å². The Morgan fingerprint density at radius 3 is 2.69 bits per heavy atom. The first kappa shape index (κ1) is 12.3. The van der Waals surface area contributed by atoms with E-state index in [1.54, 1.807) is 13.0 Å². The van der Waals surface area contributed by atoms with Gasteiger partial charge in [0.15, 0.2) is 0 Å². The number of para-hydroxylation sites is 1. The summed E-state index contributed by atoms with van der Waals surface area (Å²) in [6.07, 6.45) is 3.10. The van der Waals surface area contributed by atoms with E-state index >= 15 is 0 Å². The van der Waals surface area contributed by atoms with Crippen LogP contribution in [0.25, 0.3) is 6.08 Å². The van der Waals surface area contributed by atoms with Gasteiger partial charge < -0.3 is 9.47 Å². The van der Waals surface area contributed by atoms with Crippen molar-refractivity contribution in [3.63, 3.8) is 0 Å². The first-order valence-electron chi connectivity index (χ1n) is 5.34. The molecule has 16 heavy (non-hydrogen) atoms. The summed E-state index contributed by atoms with van der Waals surface area (Å²) >= 11 is 0. The molecule has 0 aliphatic carbocycles. The molecule has 0 radical (unpaired) electrons. The largest absolute Gasteiger partial charge is 0.493 e. The molecular formula is C13H16O3. The predicted octanol–water partition coefficient (Wildman–Crippen LogP) is 2.66. The van der Waals surface area contributed by atoms with Gasteiger partial charge in [0.05, 0.1) is 13.2 Å². The van der Waals surface area contributed by atoms with E-state index in [4.69, 9.17) is 9.47 Å². The molecule has 0 aromatic heterocycles. The van der Waals surface area contributed by atoms with Crippen molar-refractivity contribution in [3.05, 3.63) is 35.9 Å². The maximum Gasteiger partial charge on any atom is 0.330 e. The lowest BCUT2D eigenvalue weighted by atomic mass is 10.2. The summed E-state index contributed by atoms with van der Waals surface area (Å²) in [5, 5.41) is 0. The molecule has 0 atom stereocenters. The van der Waals surface area contributed by atoms with Gasteiger partial charge >= 0.3 is 5.97 Å². The van der Waals surface area contributed by atoms with Crippen LogP contribution in [0.5, 0.6) is 5.75 Å². The van der Waals surface area contributed by atoms with Crippen LogP contribution in [0.4, 0.5) is 0 Å². The van der Waals surface area contributed by atoms with Crippen LogP contribution in [0.2, 0.25) is 0 Å². The first-order chi connectivity index (χ1) is 7.77. The van der Waals surface area contributed by atoms with Gasteiger partial charge in [-0.05, 0) is 26.0 Å². The molecular weight excluding hydrogens is 204 g/mol. The van der Waals surface area contributed by atoms with Gasteiger partial charge in [0, 0.05) is 11.6 Å². The Balaban J connectivity index is 2.75. The van der Waals surface area contributed by atoms with Gasteiger partial charge in [-0.15, -0.1) is 0 Å². The number of ether oxygens (including phenoxy) is 2. The number of esters is 1. The van der Waals surface area contributed by atoms with Crippen LogP contribution in [-0.2, 0) is 9.53 Å². The Morgan fingerprint density at radius 2 is 2.00 bits per heavy atom. The second-order valence-corrected chi connectivity index (χ2v) is 3.06. The van der Waals surface area contributed by atoms with Gasteiger partial charge in [0.25, 0.3) is 0 Å². The van der Waals surface area contributed by atoms with E-state index in [0.717, 1.165) is 11.3 Å². The Labute approximate surface area is 95.7 Å². The summed E-state index contributed by atoms with van der Waals surface area (Å²) in [7, 11) is 0. The molecule has 86 valence electrons. The highest BCUT2D eigenvalue weighted by molar-refractivity contribution is 5.87. The molecule has 0 N–H and O–H groups in total. The minimum atomic E-state index is -0.339. The Hall–Kier alpha value is -1.77. The highest BCUT2D eigenvalue weighted by Gasteiger charge is 1.99. The molecule has 0 amide bonds. The summed E-state index contributed by atoms with van der Waals surface area (Å²) in [5.74, 6) is 0.430. The Bertz CT molecular complexity index is 369. The lowest BCUT2D eigenvalue weighted by molar-refractivity contribution is -0.137. The molecule has 0 spiro atoms. The van der Waals surface area contributed by atoms with E-state index in [2.05, 4.69) is 0 Å². The molecule has 0 aliphatic heterocycles. The summed E-state index contributed by atoms with van der Waals surface area (Å²) in [6, 6.07) is 7.55. The average Bonchev–Trinajstić information content (AvgIpc) is 2.29. The Morgan fingerprint density at radius 1 is 1.25 bits per heavy atom. The maximum atomic E-state index is 11.1. The molecule has 0 bridgehead atoms. The molecule has 0 unspecified atom stereocenters. The van der Waals surface area contributed by atoms with Gasteiger partial charge in [-0.25, -0.2) is 4.79 Å². The van der Waals surface area contributed by atoms with Crippen molar-refractivity contribution in [1.29, 1.82) is 0 Å². The van der Waals surface area contributed by atoms with Gasteiger partial charge in [-0.1, -0.05) is 18.2 Å². The monoisotopic (exact) mass is 220 g/mol. The summed E-state index contributed by atoms with van der Waals surface area (Å²) in [6.45, 7) is 4.69. The zero-order valence-electron chi connectivity index (χ0n) is 9.60. The van der Waals surface area contributed by atoms with E-state index in [1.165, 1.54) is 6.08 Å². The van der Waals surface area contributed by atoms with Crippen LogP contribution in [-0.4, -0.2) is 19.2 Å². The summed E-state index contributed by atoms with van der Waals surface area (Å²) in [5.41, 5.74) is 0.873. The SMILES string of the molecule is CCOC(=O)C=Cc1ccccc1OCC. The molecule has 1 aromatic carbocycles. The standard InChI is InChI=1S/C13H16O3/c1-3-15-12-8-6-5-7-11(12)9-10-13(14)16-4-2/h5-10H,3-4H2,1-2H3. The summed E-state index contributed by atoms with van der Waals surface area (Å²) in [4.78, 5) is 11.1. The van der Waals surface area contributed by atoms with Crippen LogP contribution in [0, 0.1) is 0 Å². The number of rotatable bonds is 5. The highest BCUT2D eigenvalue weighted by Crippen LogP contribution is 2.19. The summed E-state index contributed by atoms with van der Waals surface area (Å²) < 4.78 is 10.2. The van der Waals surface area contributed by atoms with Gasteiger partial charge in [-0.2, -0.15) is 0 Å². The van der Waals surface area contributed by atoms with Crippen molar-refractivity contribution in [3.8, 4) is 5.75 Å². The van der Waals surface area contributed by atoms with Crippen molar-refractivity contribution >= 4 is 12.0 Å². The molecule has 1 rings (SSSR count). The number of hydrogen-bond donors (Lipinski definition) is 0. The van der Waals surface area contributed by atoms with E-state index in [9.17, 15) is 4.79 Å². The number of hydrogen-bond acceptors (Lipinski definition) is 3. The predicted molar refractivity (Wildman–Crippen MR) is 63.3 cm³/mol. The van der Waals surface area contributed by atoms with E-state index in [0.29, 0.717) is 13.2 Å². The van der Waals surface area contributed by atoms with Gasteiger partial charge in [-0.3, -0.25) is 0 Å². The third-order valence-electron chi connectivity index (χ3n) is 1.90. The smallest absolute Gasteiger partial charge is 0.330 e. The molecule has 0 heterocycles. The van der Waals surface area contributed by atoms with Crippen LogP contribution in [0.15, 0.2) is 30.3 Å². The third kappa shape index (κ3) is 3.77. The van der Waals surface area contributed by atoms with Crippen LogP contribution in [0.1, 0.15) is 19.4 Å². The minimum absolute atomic E-state index is 0.339. The molecule has 0 saturated heterocycles. The second-order valence-electron chi connectivity index (χ2n) is 3.06. The fraction of sp³-hybridized carbons (Fsp3) is 0.308. The van der Waals surface area contributed by atoms with Crippen LogP contribution in [0.3, 0.4) is 0 Å². The quantitative estimate of drug-likeness (QED) is 0.565. The fourth-order valence-electron chi connectivity index (χ4n) is 1.25. The zero-order chi connectivity index (χ0) is 11.8. The number of benzene rings is 1. The van der Waals surface area contributed by atoms with Gasteiger partial charge in [0.2, 0.25) is 0 Å². The van der Waals surface area contributed by atoms with Crippen molar-refractivity contribution in [2.75, 3.05) is 13.2 Å². The third-order valence-corrected chi connectivity index (χ3v) is 1.90. The molecule has 0 aliphatic rings. The lowest BCUT2D eigenvalue weighted by Crippen LogP contribution is -1.99. The van der Waals surface area contributed by atoms with Crippen molar-refractivity contribution < 1.29 is 14.3 Å². The lowest BCUT2D eigenvalue weighted by Gasteiger charge is -2.05. The van der Waals surface area contributed by atoms with Crippen LogP contribution < -0.4 is 4.74 Å². The zero-order valence-corrected chi connectivity index (χ0v) is 9.60. The van der Waals surface area contributed by atoms with E-state index in [1.807, 2.05) is 31.2 Å². The number of carbonyl (C=O) groups is 1. The molecule has 3 nitrogen and oxygen atoms in total. The van der Waals surface area contributed by atoms with Crippen molar-refractivity contribution in [1.82, 2.24) is 0 Å². The normalized spacial score (nSPS) is 10.4. The maximum absolute atomic E-state index is 11.1. The molecule has 3 heteroatoms. The van der Waals surface area contributed by atoms with Crippen molar-refractivity contribution in [2.24, 2.45) is 0 Å². The second kappa shape index (κ2) is 6.67. The average molecular weight is 220 g/mol. The minimum Gasteiger partial charge on any atom is -0.493 e. The fourth-order valence-corrected chi connectivity index (χ4v) is 1.25. The highest BCUT2D eigenvalue weighted by atomic mass is 16.5.